The zero-order valence-corrected chi connectivity index (χ0v) is 13.3. The van der Waals surface area contributed by atoms with Crippen LogP contribution in [0.4, 0.5) is 11.6 Å². The third-order valence-electron chi connectivity index (χ3n) is 4.51. The number of anilines is 2. The van der Waals surface area contributed by atoms with Crippen molar-refractivity contribution in [1.29, 1.82) is 0 Å². The van der Waals surface area contributed by atoms with Crippen LogP contribution < -0.4 is 10.6 Å². The van der Waals surface area contributed by atoms with Crippen molar-refractivity contribution < 1.29 is 5.11 Å². The van der Waals surface area contributed by atoms with Gasteiger partial charge in [0.25, 0.3) is 0 Å². The standard InChI is InChI=1S/C16H28N4O/c1-3-9-17-14-13(2)15(20-12-19-14)18-10-16(11-21)7-5-4-6-8-16/h12,21H,3-11H2,1-2H3,(H2,17,18,19,20). The maximum absolute atomic E-state index is 9.77. The molecule has 1 aliphatic carbocycles. The Labute approximate surface area is 127 Å². The highest BCUT2D eigenvalue weighted by molar-refractivity contribution is 5.56. The first kappa shape index (κ1) is 16.0. The number of nitrogens with one attached hydrogen (secondary N) is 2. The van der Waals surface area contributed by atoms with Crippen molar-refractivity contribution in [2.75, 3.05) is 30.3 Å². The van der Waals surface area contributed by atoms with Gasteiger partial charge in [-0.25, -0.2) is 9.97 Å². The lowest BCUT2D eigenvalue weighted by atomic mass is 9.74. The predicted molar refractivity (Wildman–Crippen MR) is 86.6 cm³/mol. The fourth-order valence-corrected chi connectivity index (χ4v) is 3.01. The van der Waals surface area contributed by atoms with Gasteiger partial charge in [0.1, 0.15) is 18.0 Å². The van der Waals surface area contributed by atoms with Gasteiger partial charge in [0.05, 0.1) is 6.61 Å². The first-order chi connectivity index (χ1) is 10.2. The summed E-state index contributed by atoms with van der Waals surface area (Å²) in [5, 5.41) is 16.5. The van der Waals surface area contributed by atoms with Crippen LogP contribution in [0.15, 0.2) is 6.33 Å². The van der Waals surface area contributed by atoms with Gasteiger partial charge in [-0.2, -0.15) is 0 Å². The second-order valence-electron chi connectivity index (χ2n) is 6.19. The summed E-state index contributed by atoms with van der Waals surface area (Å²) in [5.41, 5.74) is 1.07. The van der Waals surface area contributed by atoms with E-state index in [1.807, 2.05) is 6.92 Å². The molecular formula is C16H28N4O. The van der Waals surface area contributed by atoms with Gasteiger partial charge in [0, 0.05) is 24.1 Å². The molecular weight excluding hydrogens is 264 g/mol. The molecule has 0 spiro atoms. The molecule has 1 aromatic rings. The van der Waals surface area contributed by atoms with Crippen molar-refractivity contribution in [1.82, 2.24) is 9.97 Å². The van der Waals surface area contributed by atoms with Crippen LogP contribution in [0, 0.1) is 12.3 Å². The molecule has 0 bridgehead atoms. The Morgan fingerprint density at radius 1 is 1.14 bits per heavy atom. The van der Waals surface area contributed by atoms with E-state index in [4.69, 9.17) is 0 Å². The average molecular weight is 292 g/mol. The van der Waals surface area contributed by atoms with Crippen LogP contribution in [-0.4, -0.2) is 34.8 Å². The van der Waals surface area contributed by atoms with E-state index in [1.54, 1.807) is 6.33 Å². The highest BCUT2D eigenvalue weighted by atomic mass is 16.3. The summed E-state index contributed by atoms with van der Waals surface area (Å²) in [5.74, 6) is 1.78. The topological polar surface area (TPSA) is 70.1 Å². The number of hydrogen-bond acceptors (Lipinski definition) is 5. The molecule has 2 rings (SSSR count). The van der Waals surface area contributed by atoms with Crippen LogP contribution >= 0.6 is 0 Å². The largest absolute Gasteiger partial charge is 0.396 e. The number of hydrogen-bond donors (Lipinski definition) is 3. The van der Waals surface area contributed by atoms with Crippen molar-refractivity contribution in [3.63, 3.8) is 0 Å². The molecule has 5 heteroatoms. The second kappa shape index (κ2) is 7.59. The van der Waals surface area contributed by atoms with E-state index in [1.165, 1.54) is 19.3 Å². The van der Waals surface area contributed by atoms with E-state index in [0.717, 1.165) is 49.6 Å². The van der Waals surface area contributed by atoms with Gasteiger partial charge >= 0.3 is 0 Å². The molecule has 118 valence electrons. The monoisotopic (exact) mass is 292 g/mol. The molecule has 1 saturated carbocycles. The molecule has 0 aliphatic heterocycles. The van der Waals surface area contributed by atoms with E-state index in [9.17, 15) is 5.11 Å². The maximum atomic E-state index is 9.77. The van der Waals surface area contributed by atoms with Crippen molar-refractivity contribution in [2.24, 2.45) is 5.41 Å². The van der Waals surface area contributed by atoms with Gasteiger partial charge in [-0.05, 0) is 26.2 Å². The lowest BCUT2D eigenvalue weighted by Crippen LogP contribution is -2.36. The number of aromatic nitrogens is 2. The quantitative estimate of drug-likeness (QED) is 0.721. The summed E-state index contributed by atoms with van der Waals surface area (Å²) in [6, 6.07) is 0. The van der Waals surface area contributed by atoms with Crippen molar-refractivity contribution in [3.05, 3.63) is 11.9 Å². The summed E-state index contributed by atoms with van der Waals surface area (Å²) >= 11 is 0. The lowest BCUT2D eigenvalue weighted by Gasteiger charge is -2.36. The minimum atomic E-state index is 0.0205. The second-order valence-corrected chi connectivity index (χ2v) is 6.19. The van der Waals surface area contributed by atoms with Crippen LogP contribution in [0.1, 0.15) is 51.0 Å². The Morgan fingerprint density at radius 2 is 1.81 bits per heavy atom. The zero-order chi connectivity index (χ0) is 15.1. The van der Waals surface area contributed by atoms with Gasteiger partial charge in [-0.15, -0.1) is 0 Å². The number of aliphatic hydroxyl groups is 1. The number of nitrogens with zero attached hydrogens (tertiary/aromatic N) is 2. The highest BCUT2D eigenvalue weighted by Crippen LogP contribution is 2.36. The fourth-order valence-electron chi connectivity index (χ4n) is 3.01. The normalized spacial score (nSPS) is 17.5. The van der Waals surface area contributed by atoms with Crippen molar-refractivity contribution in [3.8, 4) is 0 Å². The summed E-state index contributed by atoms with van der Waals surface area (Å²) < 4.78 is 0. The third-order valence-corrected chi connectivity index (χ3v) is 4.51. The molecule has 3 N–H and O–H groups in total. The van der Waals surface area contributed by atoms with E-state index < -0.39 is 0 Å². The smallest absolute Gasteiger partial charge is 0.134 e. The number of aliphatic hydroxyl groups excluding tert-OH is 1. The summed E-state index contributed by atoms with van der Waals surface area (Å²) in [6.07, 6.45) is 8.59. The molecule has 0 aromatic carbocycles. The van der Waals surface area contributed by atoms with Gasteiger partial charge in [-0.1, -0.05) is 26.2 Å². The van der Waals surface area contributed by atoms with E-state index in [-0.39, 0.29) is 12.0 Å². The Hall–Kier alpha value is -1.36. The van der Waals surface area contributed by atoms with E-state index in [0.29, 0.717) is 0 Å². The van der Waals surface area contributed by atoms with E-state index in [2.05, 4.69) is 27.5 Å². The third kappa shape index (κ3) is 4.06. The Bertz CT molecular complexity index is 444. The summed E-state index contributed by atoms with van der Waals surface area (Å²) in [6.45, 7) is 6.13. The molecule has 5 nitrogen and oxygen atoms in total. The maximum Gasteiger partial charge on any atom is 0.134 e. The SMILES string of the molecule is CCCNc1ncnc(NCC2(CO)CCCCC2)c1C. The van der Waals surface area contributed by atoms with Gasteiger partial charge in [0.2, 0.25) is 0 Å². The predicted octanol–water partition coefficient (Wildman–Crippen LogP) is 2.96. The van der Waals surface area contributed by atoms with Crippen LogP contribution in [-0.2, 0) is 0 Å². The first-order valence-corrected chi connectivity index (χ1v) is 8.11. The lowest BCUT2D eigenvalue weighted by molar-refractivity contribution is 0.0943. The molecule has 0 saturated heterocycles. The van der Waals surface area contributed by atoms with Crippen LogP contribution in [0.3, 0.4) is 0 Å². The summed E-state index contributed by atoms with van der Waals surface area (Å²) in [7, 11) is 0. The van der Waals surface area contributed by atoms with Gasteiger partial charge in [0.15, 0.2) is 0 Å². The Morgan fingerprint density at radius 3 is 2.43 bits per heavy atom. The Kier molecular flexibility index (Phi) is 5.79. The number of rotatable bonds is 7. The molecule has 1 fully saturated rings. The molecule has 0 atom stereocenters. The van der Waals surface area contributed by atoms with Crippen LogP contribution in [0.5, 0.6) is 0 Å². The van der Waals surface area contributed by atoms with Crippen LogP contribution in [0.25, 0.3) is 0 Å². The Balaban J connectivity index is 2.02. The molecule has 1 aliphatic rings. The minimum Gasteiger partial charge on any atom is -0.396 e. The first-order valence-electron chi connectivity index (χ1n) is 8.11. The molecule has 1 heterocycles. The summed E-state index contributed by atoms with van der Waals surface area (Å²) in [4.78, 5) is 8.65. The molecule has 0 unspecified atom stereocenters. The fraction of sp³-hybridized carbons (Fsp3) is 0.750. The van der Waals surface area contributed by atoms with E-state index >= 15 is 0 Å². The highest BCUT2D eigenvalue weighted by Gasteiger charge is 2.31. The molecule has 0 radical (unpaired) electrons. The zero-order valence-electron chi connectivity index (χ0n) is 13.3. The minimum absolute atomic E-state index is 0.0205. The van der Waals surface area contributed by atoms with Gasteiger partial charge in [-0.3, -0.25) is 0 Å². The van der Waals surface area contributed by atoms with Crippen LogP contribution in [0.2, 0.25) is 0 Å². The molecule has 21 heavy (non-hydrogen) atoms. The van der Waals surface area contributed by atoms with Crippen molar-refractivity contribution in [2.45, 2.75) is 52.4 Å². The average Bonchev–Trinajstić information content (AvgIpc) is 2.53. The van der Waals surface area contributed by atoms with Gasteiger partial charge < -0.3 is 15.7 Å². The molecule has 1 aromatic heterocycles. The van der Waals surface area contributed by atoms with Crippen molar-refractivity contribution >= 4 is 11.6 Å². The molecule has 0 amide bonds.